The van der Waals surface area contributed by atoms with E-state index >= 15 is 0 Å². The Kier molecular flexibility index (Phi) is 2.52. The molecule has 0 aliphatic heterocycles. The van der Waals surface area contributed by atoms with Crippen molar-refractivity contribution in [2.45, 2.75) is 19.3 Å². The van der Waals surface area contributed by atoms with Gasteiger partial charge in [-0.05, 0) is 18.8 Å². The van der Waals surface area contributed by atoms with Gasteiger partial charge >= 0.3 is 0 Å². The number of ether oxygens (including phenoxy) is 1. The maximum absolute atomic E-state index is 10.6. The molecule has 14 heavy (non-hydrogen) atoms. The van der Waals surface area contributed by atoms with Crippen molar-refractivity contribution in [3.8, 4) is 5.88 Å². The molecule has 1 aliphatic rings. The zero-order chi connectivity index (χ0) is 9.97. The van der Waals surface area contributed by atoms with E-state index in [1.165, 1.54) is 25.5 Å². The van der Waals surface area contributed by atoms with E-state index in [2.05, 4.69) is 5.10 Å². The predicted octanol–water partition coefficient (Wildman–Crippen LogP) is 1.41. The van der Waals surface area contributed by atoms with Gasteiger partial charge < -0.3 is 4.74 Å². The van der Waals surface area contributed by atoms with Gasteiger partial charge in [-0.1, -0.05) is 6.42 Å². The highest BCUT2D eigenvalue weighted by atomic mass is 16.5. The van der Waals surface area contributed by atoms with Crippen molar-refractivity contribution in [2.75, 3.05) is 6.61 Å². The molecule has 0 saturated heterocycles. The molecule has 4 heteroatoms. The van der Waals surface area contributed by atoms with Crippen LogP contribution in [0, 0.1) is 5.92 Å². The topological polar surface area (TPSA) is 44.1 Å². The van der Waals surface area contributed by atoms with Crippen LogP contribution in [0.5, 0.6) is 5.88 Å². The lowest BCUT2D eigenvalue weighted by Crippen LogP contribution is -2.20. The average Bonchev–Trinajstić information content (AvgIpc) is 2.45. The average molecular weight is 194 g/mol. The lowest BCUT2D eigenvalue weighted by molar-refractivity contribution is 0.111. The minimum atomic E-state index is 0.534. The number of hydrogen-bond acceptors (Lipinski definition) is 3. The molecule has 0 N–H and O–H groups in total. The van der Waals surface area contributed by atoms with Gasteiger partial charge in [0.05, 0.1) is 18.4 Å². The maximum atomic E-state index is 10.6. The molecule has 1 fully saturated rings. The lowest BCUT2D eigenvalue weighted by Gasteiger charge is -2.25. The van der Waals surface area contributed by atoms with Crippen LogP contribution in [0.15, 0.2) is 6.20 Å². The summed E-state index contributed by atoms with van der Waals surface area (Å²) < 4.78 is 7.17. The van der Waals surface area contributed by atoms with Crippen molar-refractivity contribution >= 4 is 6.29 Å². The third-order valence-electron chi connectivity index (χ3n) is 2.72. The number of nitrogens with zero attached hydrogens (tertiary/aromatic N) is 2. The van der Waals surface area contributed by atoms with Gasteiger partial charge in [0, 0.05) is 7.05 Å². The van der Waals surface area contributed by atoms with E-state index in [-0.39, 0.29) is 0 Å². The fourth-order valence-corrected chi connectivity index (χ4v) is 1.56. The summed E-state index contributed by atoms with van der Waals surface area (Å²) in [5, 5.41) is 3.97. The molecule has 0 aromatic carbocycles. The second-order valence-corrected chi connectivity index (χ2v) is 3.75. The molecule has 0 unspecified atom stereocenters. The van der Waals surface area contributed by atoms with E-state index in [4.69, 9.17) is 4.74 Å². The summed E-state index contributed by atoms with van der Waals surface area (Å²) in [7, 11) is 1.78. The minimum Gasteiger partial charge on any atom is -0.477 e. The van der Waals surface area contributed by atoms with Crippen LogP contribution in [0.1, 0.15) is 29.6 Å². The van der Waals surface area contributed by atoms with Crippen molar-refractivity contribution in [3.63, 3.8) is 0 Å². The fourth-order valence-electron chi connectivity index (χ4n) is 1.56. The van der Waals surface area contributed by atoms with Crippen LogP contribution in [0.3, 0.4) is 0 Å². The molecule has 2 rings (SSSR count). The van der Waals surface area contributed by atoms with E-state index in [1.807, 2.05) is 0 Å². The monoisotopic (exact) mass is 194 g/mol. The van der Waals surface area contributed by atoms with Gasteiger partial charge in [0.1, 0.15) is 0 Å². The molecular formula is C10H14N2O2. The first-order chi connectivity index (χ1) is 6.81. The van der Waals surface area contributed by atoms with Crippen LogP contribution in [0.25, 0.3) is 0 Å². The number of carbonyl (C=O) groups is 1. The van der Waals surface area contributed by atoms with Gasteiger partial charge in [-0.25, -0.2) is 4.68 Å². The number of aryl methyl sites for hydroxylation is 1. The number of carbonyl (C=O) groups excluding carboxylic acids is 1. The maximum Gasteiger partial charge on any atom is 0.222 e. The quantitative estimate of drug-likeness (QED) is 0.681. The van der Waals surface area contributed by atoms with Crippen molar-refractivity contribution in [1.82, 2.24) is 9.78 Å². The number of hydrogen-bond donors (Lipinski definition) is 0. The van der Waals surface area contributed by atoms with Crippen LogP contribution in [-0.2, 0) is 7.05 Å². The second kappa shape index (κ2) is 3.82. The molecule has 76 valence electrons. The summed E-state index contributed by atoms with van der Waals surface area (Å²) in [5.74, 6) is 1.26. The molecule has 1 aromatic rings. The van der Waals surface area contributed by atoms with Gasteiger partial charge in [-0.3, -0.25) is 4.79 Å². The molecular weight excluding hydrogens is 180 g/mol. The Morgan fingerprint density at radius 2 is 2.50 bits per heavy atom. The Balaban J connectivity index is 1.99. The largest absolute Gasteiger partial charge is 0.477 e. The lowest BCUT2D eigenvalue weighted by atomic mass is 9.86. The van der Waals surface area contributed by atoms with Crippen LogP contribution in [0.2, 0.25) is 0 Å². The molecule has 0 atom stereocenters. The van der Waals surface area contributed by atoms with Gasteiger partial charge in [0.15, 0.2) is 6.29 Å². The van der Waals surface area contributed by atoms with Crippen molar-refractivity contribution in [3.05, 3.63) is 11.8 Å². The Labute approximate surface area is 82.9 Å². The third kappa shape index (κ3) is 1.64. The SMILES string of the molecule is Cn1ncc(C=O)c1OCC1CCC1. The summed E-state index contributed by atoms with van der Waals surface area (Å²) in [6, 6.07) is 0. The second-order valence-electron chi connectivity index (χ2n) is 3.75. The zero-order valence-electron chi connectivity index (χ0n) is 8.27. The highest BCUT2D eigenvalue weighted by Crippen LogP contribution is 2.27. The van der Waals surface area contributed by atoms with Crippen LogP contribution in [-0.4, -0.2) is 22.7 Å². The first-order valence-electron chi connectivity index (χ1n) is 4.91. The van der Waals surface area contributed by atoms with Crippen molar-refractivity contribution in [2.24, 2.45) is 13.0 Å². The number of aldehydes is 1. The molecule has 0 radical (unpaired) electrons. The highest BCUT2D eigenvalue weighted by Gasteiger charge is 2.19. The molecule has 1 saturated carbocycles. The van der Waals surface area contributed by atoms with Gasteiger partial charge in [-0.2, -0.15) is 5.10 Å². The highest BCUT2D eigenvalue weighted by molar-refractivity contribution is 5.77. The smallest absolute Gasteiger partial charge is 0.222 e. The van der Waals surface area contributed by atoms with E-state index in [0.717, 1.165) is 6.29 Å². The summed E-state index contributed by atoms with van der Waals surface area (Å²) in [6.07, 6.45) is 6.11. The molecule has 1 aromatic heterocycles. The third-order valence-corrected chi connectivity index (χ3v) is 2.72. The molecule has 1 heterocycles. The summed E-state index contributed by atoms with van der Waals surface area (Å²) in [6.45, 7) is 0.709. The molecule has 1 aliphatic carbocycles. The van der Waals surface area contributed by atoms with Crippen LogP contribution >= 0.6 is 0 Å². The summed E-state index contributed by atoms with van der Waals surface area (Å²) in [5.41, 5.74) is 0.534. The van der Waals surface area contributed by atoms with E-state index in [0.29, 0.717) is 24.0 Å². The molecule has 0 bridgehead atoms. The molecule has 0 spiro atoms. The number of rotatable bonds is 4. The minimum absolute atomic E-state index is 0.534. The van der Waals surface area contributed by atoms with Crippen molar-refractivity contribution in [1.29, 1.82) is 0 Å². The van der Waals surface area contributed by atoms with E-state index in [1.54, 1.807) is 11.7 Å². The first kappa shape index (κ1) is 9.24. The number of aromatic nitrogens is 2. The molecule has 4 nitrogen and oxygen atoms in total. The standard InChI is InChI=1S/C10H14N2O2/c1-12-10(9(6-13)5-11-12)14-7-8-3-2-4-8/h5-6,8H,2-4,7H2,1H3. The molecule has 0 amide bonds. The Hall–Kier alpha value is -1.32. The fraction of sp³-hybridized carbons (Fsp3) is 0.600. The summed E-state index contributed by atoms with van der Waals surface area (Å²) in [4.78, 5) is 10.6. The van der Waals surface area contributed by atoms with Gasteiger partial charge in [-0.15, -0.1) is 0 Å². The van der Waals surface area contributed by atoms with Gasteiger partial charge in [0.2, 0.25) is 5.88 Å². The van der Waals surface area contributed by atoms with Crippen LogP contribution in [0.4, 0.5) is 0 Å². The van der Waals surface area contributed by atoms with Gasteiger partial charge in [0.25, 0.3) is 0 Å². The van der Waals surface area contributed by atoms with E-state index in [9.17, 15) is 4.79 Å². The van der Waals surface area contributed by atoms with E-state index < -0.39 is 0 Å². The summed E-state index contributed by atoms with van der Waals surface area (Å²) >= 11 is 0. The Morgan fingerprint density at radius 1 is 1.71 bits per heavy atom. The Morgan fingerprint density at radius 3 is 3.07 bits per heavy atom. The van der Waals surface area contributed by atoms with Crippen molar-refractivity contribution < 1.29 is 9.53 Å². The van der Waals surface area contributed by atoms with Crippen LogP contribution < -0.4 is 4.74 Å². The predicted molar refractivity (Wildman–Crippen MR) is 51.4 cm³/mol. The zero-order valence-corrected chi connectivity index (χ0v) is 8.27. The normalized spacial score (nSPS) is 16.4. The first-order valence-corrected chi connectivity index (χ1v) is 4.91. The Bertz CT molecular complexity index is 329.